The first-order valence-corrected chi connectivity index (χ1v) is 5.53. The lowest BCUT2D eigenvalue weighted by molar-refractivity contribution is 1.04. The summed E-state index contributed by atoms with van der Waals surface area (Å²) in [6.45, 7) is 3.79. The molecule has 0 spiro atoms. The van der Waals surface area contributed by atoms with Crippen molar-refractivity contribution in [2.75, 3.05) is 17.8 Å². The molecule has 0 N–H and O–H groups in total. The first-order valence-electron chi connectivity index (χ1n) is 2.98. The van der Waals surface area contributed by atoms with Crippen molar-refractivity contribution in [1.29, 1.82) is 0 Å². The van der Waals surface area contributed by atoms with Gasteiger partial charge in [-0.1, -0.05) is 6.82 Å². The SMILES string of the molecule is CBS1(C)CCC1. The summed E-state index contributed by atoms with van der Waals surface area (Å²) in [6, 6.07) is 0. The second-order valence-electron chi connectivity index (χ2n) is 2.53. The highest BCUT2D eigenvalue weighted by Gasteiger charge is 2.23. The largest absolute Gasteiger partial charge is 0.276 e. The lowest BCUT2D eigenvalue weighted by Crippen LogP contribution is -2.23. The van der Waals surface area contributed by atoms with Gasteiger partial charge in [-0.3, -0.25) is 9.88 Å². The fourth-order valence-electron chi connectivity index (χ4n) is 0.926. The van der Waals surface area contributed by atoms with Crippen LogP contribution in [0.4, 0.5) is 0 Å². The summed E-state index contributed by atoms with van der Waals surface area (Å²) < 4.78 is 0. The lowest BCUT2D eigenvalue weighted by Gasteiger charge is -2.43. The quantitative estimate of drug-likeness (QED) is 0.452. The molecule has 0 aliphatic carbocycles. The van der Waals surface area contributed by atoms with Crippen LogP contribution >= 0.6 is 9.88 Å². The zero-order valence-electron chi connectivity index (χ0n) is 5.24. The van der Waals surface area contributed by atoms with Gasteiger partial charge in [-0.25, -0.2) is 0 Å². The molecule has 0 aromatic heterocycles. The Kier molecular flexibility index (Phi) is 1.37. The van der Waals surface area contributed by atoms with E-state index in [9.17, 15) is 0 Å². The van der Waals surface area contributed by atoms with E-state index in [0.717, 1.165) is 0 Å². The molecule has 0 nitrogen and oxygen atoms in total. The zero-order chi connectivity index (χ0) is 5.33. The Labute approximate surface area is 48.1 Å². The smallest absolute Gasteiger partial charge is 0.168 e. The monoisotopic (exact) mass is 116 g/mol. The molecule has 7 heavy (non-hydrogen) atoms. The van der Waals surface area contributed by atoms with Gasteiger partial charge in [0.25, 0.3) is 0 Å². The van der Waals surface area contributed by atoms with Crippen molar-refractivity contribution in [3.05, 3.63) is 0 Å². The molecule has 42 valence electrons. The summed E-state index contributed by atoms with van der Waals surface area (Å²) in [5.74, 6) is 3.12. The molecule has 0 atom stereocenters. The lowest BCUT2D eigenvalue weighted by atomic mass is 10.2. The molecule has 2 heteroatoms. The Balaban J connectivity index is 2.29. The maximum Gasteiger partial charge on any atom is 0.168 e. The van der Waals surface area contributed by atoms with E-state index in [1.54, 1.807) is 11.5 Å². The topological polar surface area (TPSA) is 0 Å². The van der Waals surface area contributed by atoms with Crippen LogP contribution < -0.4 is 0 Å². The highest BCUT2D eigenvalue weighted by molar-refractivity contribution is 8.52. The van der Waals surface area contributed by atoms with Gasteiger partial charge in [0.15, 0.2) is 6.56 Å². The summed E-state index contributed by atoms with van der Waals surface area (Å²) in [5.41, 5.74) is 0. The first kappa shape index (κ1) is 5.55. The Morgan fingerprint density at radius 2 is 2.00 bits per heavy atom. The first-order chi connectivity index (χ1) is 3.27. The standard InChI is InChI=1S/C5H13BS/c1-6-7(2)4-3-5-7/h6H,3-5H2,1-2H3. The summed E-state index contributed by atoms with van der Waals surface area (Å²) in [7, 11) is 0.0231. The van der Waals surface area contributed by atoms with E-state index < -0.39 is 0 Å². The molecule has 0 saturated carbocycles. The molecule has 1 heterocycles. The van der Waals surface area contributed by atoms with Crippen molar-refractivity contribution in [3.63, 3.8) is 0 Å². The molecular weight excluding hydrogens is 103 g/mol. The van der Waals surface area contributed by atoms with Crippen LogP contribution in [0.15, 0.2) is 0 Å². The molecule has 0 unspecified atom stereocenters. The molecular formula is C5H13BS. The fraction of sp³-hybridized carbons (Fsp3) is 1.00. The summed E-state index contributed by atoms with van der Waals surface area (Å²) >= 11 is 0. The third-order valence-electron chi connectivity index (χ3n) is 1.97. The van der Waals surface area contributed by atoms with Gasteiger partial charge in [-0.2, -0.15) is 0 Å². The Morgan fingerprint density at radius 1 is 1.43 bits per heavy atom. The van der Waals surface area contributed by atoms with Gasteiger partial charge < -0.3 is 0 Å². The summed E-state index contributed by atoms with van der Waals surface area (Å²) in [5, 5.41) is 0. The molecule has 1 aliphatic rings. The van der Waals surface area contributed by atoms with Crippen LogP contribution in [0.3, 0.4) is 0 Å². The fourth-order valence-corrected chi connectivity index (χ4v) is 2.78. The Hall–Kier alpha value is 0.415. The number of hydrogen-bond acceptors (Lipinski definition) is 0. The van der Waals surface area contributed by atoms with Crippen molar-refractivity contribution in [3.8, 4) is 0 Å². The van der Waals surface area contributed by atoms with E-state index in [4.69, 9.17) is 0 Å². The van der Waals surface area contributed by atoms with E-state index in [2.05, 4.69) is 13.1 Å². The van der Waals surface area contributed by atoms with Gasteiger partial charge in [-0.15, -0.1) is 0 Å². The molecule has 1 saturated heterocycles. The van der Waals surface area contributed by atoms with Crippen molar-refractivity contribution in [1.82, 2.24) is 0 Å². The van der Waals surface area contributed by atoms with Crippen LogP contribution in [-0.2, 0) is 0 Å². The molecule has 0 amide bonds. The van der Waals surface area contributed by atoms with Crippen LogP contribution in [0.25, 0.3) is 0 Å². The van der Waals surface area contributed by atoms with Gasteiger partial charge >= 0.3 is 0 Å². The van der Waals surface area contributed by atoms with Gasteiger partial charge in [-0.05, 0) is 24.2 Å². The maximum atomic E-state index is 2.47. The van der Waals surface area contributed by atoms with Crippen molar-refractivity contribution < 1.29 is 0 Å². The van der Waals surface area contributed by atoms with Gasteiger partial charge in [0.05, 0.1) is 0 Å². The molecule has 0 aromatic carbocycles. The van der Waals surface area contributed by atoms with Crippen molar-refractivity contribution in [2.24, 2.45) is 0 Å². The van der Waals surface area contributed by atoms with Crippen LogP contribution in [-0.4, -0.2) is 24.3 Å². The van der Waals surface area contributed by atoms with Crippen LogP contribution in [0, 0.1) is 0 Å². The summed E-state index contributed by atoms with van der Waals surface area (Å²) in [6.07, 6.45) is 3.98. The molecule has 0 bridgehead atoms. The minimum Gasteiger partial charge on any atom is -0.276 e. The normalized spacial score (nSPS) is 30.6. The highest BCUT2D eigenvalue weighted by atomic mass is 32.3. The number of hydrogen-bond donors (Lipinski definition) is 0. The second kappa shape index (κ2) is 1.73. The van der Waals surface area contributed by atoms with E-state index in [-0.39, 0.29) is 9.88 Å². The zero-order valence-corrected chi connectivity index (χ0v) is 6.05. The van der Waals surface area contributed by atoms with E-state index in [1.807, 2.05) is 0 Å². The predicted molar refractivity (Wildman–Crippen MR) is 40.9 cm³/mol. The van der Waals surface area contributed by atoms with Gasteiger partial charge in [0.1, 0.15) is 0 Å². The number of rotatable bonds is 1. The molecule has 1 fully saturated rings. The third kappa shape index (κ3) is 0.960. The van der Waals surface area contributed by atoms with Crippen LogP contribution in [0.5, 0.6) is 0 Å². The van der Waals surface area contributed by atoms with Crippen molar-refractivity contribution >= 4 is 16.4 Å². The average molecular weight is 116 g/mol. The Bertz CT molecular complexity index is 63.0. The van der Waals surface area contributed by atoms with Crippen LogP contribution in [0.2, 0.25) is 6.82 Å². The van der Waals surface area contributed by atoms with Crippen LogP contribution in [0.1, 0.15) is 6.42 Å². The highest BCUT2D eigenvalue weighted by Crippen LogP contribution is 2.51. The summed E-state index contributed by atoms with van der Waals surface area (Å²) in [4.78, 5) is 0. The van der Waals surface area contributed by atoms with E-state index >= 15 is 0 Å². The van der Waals surface area contributed by atoms with Crippen molar-refractivity contribution in [2.45, 2.75) is 13.2 Å². The minimum atomic E-state index is 0.0231. The maximum absolute atomic E-state index is 2.47. The second-order valence-corrected chi connectivity index (χ2v) is 6.88. The Morgan fingerprint density at radius 3 is 2.00 bits per heavy atom. The molecule has 1 aliphatic heterocycles. The van der Waals surface area contributed by atoms with E-state index in [0.29, 0.717) is 0 Å². The van der Waals surface area contributed by atoms with E-state index in [1.165, 1.54) is 13.0 Å². The van der Waals surface area contributed by atoms with Gasteiger partial charge in [0, 0.05) is 0 Å². The average Bonchev–Trinajstić information content (AvgIpc) is 1.61. The van der Waals surface area contributed by atoms with Gasteiger partial charge in [0.2, 0.25) is 0 Å². The predicted octanol–water partition coefficient (Wildman–Crippen LogP) is 1.22. The molecule has 0 aromatic rings. The molecule has 1 rings (SSSR count). The third-order valence-corrected chi connectivity index (χ3v) is 5.91. The molecule has 0 radical (unpaired) electrons. The minimum absolute atomic E-state index is 0.0231.